The largest absolute Gasteiger partial charge is 0.497 e. The van der Waals surface area contributed by atoms with E-state index in [9.17, 15) is 0 Å². The SMILES string of the molecule is COc1ccc(-n2nc(CCN)cc2C(C)C)cc1. The summed E-state index contributed by atoms with van der Waals surface area (Å²) >= 11 is 0. The van der Waals surface area contributed by atoms with Crippen molar-refractivity contribution < 1.29 is 4.74 Å². The van der Waals surface area contributed by atoms with Crippen LogP contribution in [0.3, 0.4) is 0 Å². The average molecular weight is 259 g/mol. The number of methoxy groups -OCH3 is 1. The van der Waals surface area contributed by atoms with Gasteiger partial charge in [0, 0.05) is 12.1 Å². The summed E-state index contributed by atoms with van der Waals surface area (Å²) in [6.07, 6.45) is 0.808. The molecule has 2 rings (SSSR count). The van der Waals surface area contributed by atoms with Gasteiger partial charge in [-0.1, -0.05) is 13.8 Å². The van der Waals surface area contributed by atoms with E-state index in [0.29, 0.717) is 12.5 Å². The summed E-state index contributed by atoms with van der Waals surface area (Å²) in [7, 11) is 1.67. The third-order valence-electron chi connectivity index (χ3n) is 3.10. The van der Waals surface area contributed by atoms with E-state index in [-0.39, 0.29) is 0 Å². The lowest BCUT2D eigenvalue weighted by Gasteiger charge is -2.10. The van der Waals surface area contributed by atoms with Crippen molar-refractivity contribution in [2.75, 3.05) is 13.7 Å². The highest BCUT2D eigenvalue weighted by Crippen LogP contribution is 2.22. The third-order valence-corrected chi connectivity index (χ3v) is 3.10. The fourth-order valence-corrected chi connectivity index (χ4v) is 2.06. The molecular formula is C15H21N3O. The highest BCUT2D eigenvalue weighted by Gasteiger charge is 2.12. The molecular weight excluding hydrogens is 238 g/mol. The predicted octanol–water partition coefficient (Wildman–Crippen LogP) is 2.51. The second-order valence-corrected chi connectivity index (χ2v) is 4.86. The minimum atomic E-state index is 0.418. The van der Waals surface area contributed by atoms with Gasteiger partial charge in [-0.15, -0.1) is 0 Å². The van der Waals surface area contributed by atoms with Crippen LogP contribution in [0.15, 0.2) is 30.3 Å². The molecule has 0 saturated carbocycles. The molecule has 1 aromatic carbocycles. The molecule has 0 radical (unpaired) electrons. The highest BCUT2D eigenvalue weighted by molar-refractivity contribution is 5.39. The molecule has 4 nitrogen and oxygen atoms in total. The van der Waals surface area contributed by atoms with E-state index in [1.807, 2.05) is 28.9 Å². The molecule has 0 aliphatic rings. The van der Waals surface area contributed by atoms with Crippen LogP contribution in [-0.2, 0) is 6.42 Å². The molecule has 0 bridgehead atoms. The van der Waals surface area contributed by atoms with Gasteiger partial charge in [-0.3, -0.25) is 0 Å². The molecule has 0 atom stereocenters. The number of ether oxygens (including phenoxy) is 1. The Morgan fingerprint density at radius 1 is 1.26 bits per heavy atom. The fraction of sp³-hybridized carbons (Fsp3) is 0.400. The van der Waals surface area contributed by atoms with Crippen molar-refractivity contribution in [3.8, 4) is 11.4 Å². The molecule has 0 unspecified atom stereocenters. The van der Waals surface area contributed by atoms with Gasteiger partial charge in [-0.2, -0.15) is 5.10 Å². The van der Waals surface area contributed by atoms with Crippen LogP contribution in [0.4, 0.5) is 0 Å². The van der Waals surface area contributed by atoms with E-state index in [0.717, 1.165) is 23.6 Å². The average Bonchev–Trinajstić information content (AvgIpc) is 2.83. The number of nitrogens with two attached hydrogens (primary N) is 1. The van der Waals surface area contributed by atoms with Gasteiger partial charge in [-0.25, -0.2) is 4.68 Å². The van der Waals surface area contributed by atoms with Gasteiger partial charge >= 0.3 is 0 Å². The van der Waals surface area contributed by atoms with Gasteiger partial charge in [0.15, 0.2) is 0 Å². The Balaban J connectivity index is 2.40. The van der Waals surface area contributed by atoms with Crippen molar-refractivity contribution in [3.05, 3.63) is 41.7 Å². The maximum absolute atomic E-state index is 5.61. The zero-order valence-electron chi connectivity index (χ0n) is 11.8. The predicted molar refractivity (Wildman–Crippen MR) is 77.0 cm³/mol. The van der Waals surface area contributed by atoms with Gasteiger partial charge in [0.1, 0.15) is 5.75 Å². The number of rotatable bonds is 5. The van der Waals surface area contributed by atoms with E-state index < -0.39 is 0 Å². The van der Waals surface area contributed by atoms with Crippen molar-refractivity contribution in [2.24, 2.45) is 5.73 Å². The second kappa shape index (κ2) is 5.89. The Labute approximate surface area is 114 Å². The summed E-state index contributed by atoms with van der Waals surface area (Å²) in [5.41, 5.74) is 8.90. The monoisotopic (exact) mass is 259 g/mol. The molecule has 0 aliphatic heterocycles. The first kappa shape index (κ1) is 13.6. The Hall–Kier alpha value is -1.81. The zero-order valence-corrected chi connectivity index (χ0v) is 11.8. The summed E-state index contributed by atoms with van der Waals surface area (Å²) in [5, 5.41) is 4.64. The zero-order chi connectivity index (χ0) is 13.8. The Kier molecular flexibility index (Phi) is 4.22. The first-order valence-corrected chi connectivity index (χ1v) is 6.59. The molecule has 0 fully saturated rings. The van der Waals surface area contributed by atoms with Gasteiger partial charge in [0.2, 0.25) is 0 Å². The lowest BCUT2D eigenvalue weighted by Crippen LogP contribution is -2.05. The van der Waals surface area contributed by atoms with Crippen LogP contribution in [0.1, 0.15) is 31.2 Å². The Morgan fingerprint density at radius 2 is 1.95 bits per heavy atom. The highest BCUT2D eigenvalue weighted by atomic mass is 16.5. The van der Waals surface area contributed by atoms with E-state index in [4.69, 9.17) is 10.5 Å². The first-order chi connectivity index (χ1) is 9.15. The van der Waals surface area contributed by atoms with Crippen molar-refractivity contribution in [2.45, 2.75) is 26.2 Å². The maximum atomic E-state index is 5.61. The molecule has 1 heterocycles. The topological polar surface area (TPSA) is 53.1 Å². The van der Waals surface area contributed by atoms with Crippen molar-refractivity contribution in [3.63, 3.8) is 0 Å². The fourth-order valence-electron chi connectivity index (χ4n) is 2.06. The molecule has 2 N–H and O–H groups in total. The normalized spacial score (nSPS) is 11.0. The second-order valence-electron chi connectivity index (χ2n) is 4.86. The smallest absolute Gasteiger partial charge is 0.119 e. The lowest BCUT2D eigenvalue weighted by molar-refractivity contribution is 0.414. The standard InChI is InChI=1S/C15H21N3O/c1-11(2)15-10-12(8-9-16)17-18(15)13-4-6-14(19-3)7-5-13/h4-7,10-11H,8-9,16H2,1-3H3. The quantitative estimate of drug-likeness (QED) is 0.897. The first-order valence-electron chi connectivity index (χ1n) is 6.59. The molecule has 0 amide bonds. The van der Waals surface area contributed by atoms with Crippen LogP contribution in [-0.4, -0.2) is 23.4 Å². The number of nitrogens with zero attached hydrogens (tertiary/aromatic N) is 2. The van der Waals surface area contributed by atoms with Crippen molar-refractivity contribution >= 4 is 0 Å². The van der Waals surface area contributed by atoms with Gasteiger partial charge in [0.05, 0.1) is 18.5 Å². The van der Waals surface area contributed by atoms with Crippen LogP contribution in [0.2, 0.25) is 0 Å². The summed E-state index contributed by atoms with van der Waals surface area (Å²) in [6, 6.07) is 10.1. The minimum absolute atomic E-state index is 0.418. The molecule has 0 spiro atoms. The Bertz CT molecular complexity index is 529. The summed E-state index contributed by atoms with van der Waals surface area (Å²) < 4.78 is 7.18. The lowest BCUT2D eigenvalue weighted by atomic mass is 10.1. The number of hydrogen-bond donors (Lipinski definition) is 1. The number of aromatic nitrogens is 2. The minimum Gasteiger partial charge on any atom is -0.497 e. The summed E-state index contributed by atoms with van der Waals surface area (Å²) in [6.45, 7) is 4.96. The number of benzene rings is 1. The van der Waals surface area contributed by atoms with E-state index in [1.165, 1.54) is 5.69 Å². The van der Waals surface area contributed by atoms with Crippen LogP contribution in [0.25, 0.3) is 5.69 Å². The molecule has 102 valence electrons. The van der Waals surface area contributed by atoms with Gasteiger partial charge < -0.3 is 10.5 Å². The molecule has 1 aromatic heterocycles. The van der Waals surface area contributed by atoms with E-state index >= 15 is 0 Å². The summed E-state index contributed by atoms with van der Waals surface area (Å²) in [4.78, 5) is 0. The Morgan fingerprint density at radius 3 is 2.47 bits per heavy atom. The van der Waals surface area contributed by atoms with Crippen LogP contribution in [0, 0.1) is 0 Å². The van der Waals surface area contributed by atoms with Crippen LogP contribution in [0.5, 0.6) is 5.75 Å². The molecule has 4 heteroatoms. The molecule has 19 heavy (non-hydrogen) atoms. The van der Waals surface area contributed by atoms with Crippen molar-refractivity contribution in [1.29, 1.82) is 0 Å². The molecule has 2 aromatic rings. The van der Waals surface area contributed by atoms with E-state index in [2.05, 4.69) is 25.0 Å². The van der Waals surface area contributed by atoms with Crippen LogP contribution >= 0.6 is 0 Å². The van der Waals surface area contributed by atoms with Crippen LogP contribution < -0.4 is 10.5 Å². The summed E-state index contributed by atoms with van der Waals surface area (Å²) in [5.74, 6) is 1.27. The third kappa shape index (κ3) is 2.96. The van der Waals surface area contributed by atoms with E-state index in [1.54, 1.807) is 7.11 Å². The van der Waals surface area contributed by atoms with Gasteiger partial charge in [-0.05, 0) is 42.8 Å². The van der Waals surface area contributed by atoms with Crippen molar-refractivity contribution in [1.82, 2.24) is 9.78 Å². The molecule has 0 aliphatic carbocycles. The maximum Gasteiger partial charge on any atom is 0.119 e. The molecule has 0 saturated heterocycles. The number of hydrogen-bond acceptors (Lipinski definition) is 3. The van der Waals surface area contributed by atoms with Gasteiger partial charge in [0.25, 0.3) is 0 Å².